The van der Waals surface area contributed by atoms with Gasteiger partial charge in [-0.2, -0.15) is 18.3 Å². The number of benzene rings is 1. The first-order valence-corrected chi connectivity index (χ1v) is 7.92. The fourth-order valence-corrected chi connectivity index (χ4v) is 3.05. The fraction of sp³-hybridized carbons (Fsp3) is 0.412. The molecule has 0 saturated carbocycles. The van der Waals surface area contributed by atoms with Crippen molar-refractivity contribution in [3.05, 3.63) is 47.2 Å². The van der Waals surface area contributed by atoms with E-state index in [9.17, 15) is 23.1 Å². The minimum absolute atomic E-state index is 0.112. The summed E-state index contributed by atoms with van der Waals surface area (Å²) >= 11 is 0. The molecule has 0 unspecified atom stereocenters. The molecule has 2 atom stereocenters. The second-order valence-corrected chi connectivity index (χ2v) is 6.47. The van der Waals surface area contributed by atoms with Crippen LogP contribution in [0.5, 0.6) is 0 Å². The highest BCUT2D eigenvalue weighted by molar-refractivity contribution is 5.93. The molecular formula is C17H18F3N3O2. The molecule has 2 aromatic rings. The average Bonchev–Trinajstić information content (AvgIpc) is 2.97. The van der Waals surface area contributed by atoms with Crippen molar-refractivity contribution in [3.63, 3.8) is 0 Å². The van der Waals surface area contributed by atoms with Crippen LogP contribution in [0.15, 0.2) is 30.5 Å². The first-order valence-electron chi connectivity index (χ1n) is 7.92. The number of alkyl halides is 3. The van der Waals surface area contributed by atoms with E-state index >= 15 is 0 Å². The molecule has 1 aliphatic heterocycles. The number of aromatic carboxylic acids is 1. The van der Waals surface area contributed by atoms with Gasteiger partial charge in [-0.05, 0) is 17.0 Å². The monoisotopic (exact) mass is 353 g/mol. The Bertz CT molecular complexity index is 781. The standard InChI is InChI=1S/C17H18F3N3O2/c1-9(2)10-3-5-11(6-4-10)13-7-14(17(18,19)20)23-15(22-13)12(8-21-23)16(24)25/h3-6,8-9,13-14,22H,7H2,1-2H3,(H,24,25)/t13-,14+/m0/s1. The van der Waals surface area contributed by atoms with Crippen molar-refractivity contribution in [2.24, 2.45) is 0 Å². The number of hydrogen-bond donors (Lipinski definition) is 2. The van der Waals surface area contributed by atoms with Crippen molar-refractivity contribution >= 4 is 11.8 Å². The molecule has 1 aromatic carbocycles. The van der Waals surface area contributed by atoms with E-state index in [4.69, 9.17) is 0 Å². The van der Waals surface area contributed by atoms with Gasteiger partial charge in [0.25, 0.3) is 0 Å². The summed E-state index contributed by atoms with van der Waals surface area (Å²) in [5.74, 6) is -1.11. The van der Waals surface area contributed by atoms with Crippen molar-refractivity contribution < 1.29 is 23.1 Å². The molecule has 1 aromatic heterocycles. The van der Waals surface area contributed by atoms with Crippen molar-refractivity contribution in [2.75, 3.05) is 5.32 Å². The van der Waals surface area contributed by atoms with Crippen LogP contribution in [0.25, 0.3) is 0 Å². The number of nitrogens with zero attached hydrogens (tertiary/aromatic N) is 2. The number of carbonyl (C=O) groups is 1. The Morgan fingerprint density at radius 1 is 1.32 bits per heavy atom. The molecule has 0 bridgehead atoms. The zero-order chi connectivity index (χ0) is 18.4. The SMILES string of the molecule is CC(C)c1ccc([C@@H]2C[C@H](C(F)(F)F)n3ncc(C(=O)O)c3N2)cc1. The van der Waals surface area contributed by atoms with E-state index in [0.717, 1.165) is 16.4 Å². The highest BCUT2D eigenvalue weighted by atomic mass is 19.4. The Morgan fingerprint density at radius 3 is 2.48 bits per heavy atom. The predicted octanol–water partition coefficient (Wildman–Crippen LogP) is 4.37. The summed E-state index contributed by atoms with van der Waals surface area (Å²) in [6.45, 7) is 4.07. The first-order chi connectivity index (χ1) is 11.7. The summed E-state index contributed by atoms with van der Waals surface area (Å²) in [6, 6.07) is 4.82. The van der Waals surface area contributed by atoms with E-state index in [0.29, 0.717) is 11.5 Å². The van der Waals surface area contributed by atoms with E-state index in [-0.39, 0.29) is 17.8 Å². The maximum absolute atomic E-state index is 13.5. The van der Waals surface area contributed by atoms with Gasteiger partial charge in [-0.25, -0.2) is 9.48 Å². The zero-order valence-electron chi connectivity index (χ0n) is 13.7. The molecule has 3 rings (SSSR count). The van der Waals surface area contributed by atoms with Gasteiger partial charge in [0.05, 0.1) is 12.2 Å². The summed E-state index contributed by atoms with van der Waals surface area (Å²) in [4.78, 5) is 11.3. The molecule has 2 heterocycles. The van der Waals surface area contributed by atoms with E-state index in [2.05, 4.69) is 10.4 Å². The Labute approximate surface area is 142 Å². The number of rotatable bonds is 3. The molecule has 1 aliphatic rings. The van der Waals surface area contributed by atoms with Gasteiger partial charge in [-0.15, -0.1) is 0 Å². The van der Waals surface area contributed by atoms with Gasteiger partial charge < -0.3 is 10.4 Å². The Morgan fingerprint density at radius 2 is 1.96 bits per heavy atom. The van der Waals surface area contributed by atoms with Gasteiger partial charge in [-0.1, -0.05) is 38.1 Å². The average molecular weight is 353 g/mol. The van der Waals surface area contributed by atoms with Crippen molar-refractivity contribution in [1.82, 2.24) is 9.78 Å². The maximum Gasteiger partial charge on any atom is 0.410 e. The number of carboxylic acids is 1. The number of fused-ring (bicyclic) bond motifs is 1. The number of hydrogen-bond acceptors (Lipinski definition) is 3. The Kier molecular flexibility index (Phi) is 4.22. The normalized spacial score (nSPS) is 20.2. The van der Waals surface area contributed by atoms with E-state index in [1.54, 1.807) is 12.1 Å². The van der Waals surface area contributed by atoms with Gasteiger partial charge in [0, 0.05) is 6.42 Å². The third kappa shape index (κ3) is 3.20. The third-order valence-electron chi connectivity index (χ3n) is 4.47. The van der Waals surface area contributed by atoms with Crippen LogP contribution in [0.3, 0.4) is 0 Å². The highest BCUT2D eigenvalue weighted by Gasteiger charge is 2.47. The maximum atomic E-state index is 13.5. The summed E-state index contributed by atoms with van der Waals surface area (Å²) in [7, 11) is 0. The Hall–Kier alpha value is -2.51. The molecule has 0 aliphatic carbocycles. The molecule has 0 amide bonds. The van der Waals surface area contributed by atoms with Crippen LogP contribution >= 0.6 is 0 Å². The lowest BCUT2D eigenvalue weighted by Gasteiger charge is -2.34. The van der Waals surface area contributed by atoms with E-state index in [1.165, 1.54) is 0 Å². The molecule has 134 valence electrons. The number of aromatic nitrogens is 2. The number of carboxylic acid groups (broad SMARTS) is 1. The first kappa shape index (κ1) is 17.3. The van der Waals surface area contributed by atoms with Crippen LogP contribution in [0, 0.1) is 0 Å². The van der Waals surface area contributed by atoms with Crippen LogP contribution in [-0.4, -0.2) is 27.0 Å². The van der Waals surface area contributed by atoms with Crippen molar-refractivity contribution in [2.45, 2.75) is 44.4 Å². The van der Waals surface area contributed by atoms with Gasteiger partial charge in [-0.3, -0.25) is 0 Å². The number of halogens is 3. The number of anilines is 1. The molecule has 0 saturated heterocycles. The van der Waals surface area contributed by atoms with Crippen LogP contribution < -0.4 is 5.32 Å². The van der Waals surface area contributed by atoms with Gasteiger partial charge >= 0.3 is 12.1 Å². The second kappa shape index (κ2) is 6.09. The lowest BCUT2D eigenvalue weighted by atomic mass is 9.94. The summed E-state index contributed by atoms with van der Waals surface area (Å²) in [5.41, 5.74) is 1.50. The molecule has 0 fully saturated rings. The molecular weight excluding hydrogens is 335 g/mol. The fourth-order valence-electron chi connectivity index (χ4n) is 3.05. The van der Waals surface area contributed by atoms with Gasteiger partial charge in [0.15, 0.2) is 6.04 Å². The summed E-state index contributed by atoms with van der Waals surface area (Å²) < 4.78 is 41.1. The Balaban J connectivity index is 2.00. The highest BCUT2D eigenvalue weighted by Crippen LogP contribution is 2.44. The lowest BCUT2D eigenvalue weighted by Crippen LogP contribution is -2.36. The minimum Gasteiger partial charge on any atom is -0.477 e. The number of nitrogens with one attached hydrogen (secondary N) is 1. The molecule has 0 radical (unpaired) electrons. The largest absolute Gasteiger partial charge is 0.477 e. The quantitative estimate of drug-likeness (QED) is 0.860. The van der Waals surface area contributed by atoms with Crippen molar-refractivity contribution in [1.29, 1.82) is 0 Å². The van der Waals surface area contributed by atoms with Crippen LogP contribution in [0.4, 0.5) is 19.0 Å². The predicted molar refractivity (Wildman–Crippen MR) is 85.8 cm³/mol. The topological polar surface area (TPSA) is 67.2 Å². The summed E-state index contributed by atoms with van der Waals surface area (Å²) in [5, 5.41) is 15.8. The zero-order valence-corrected chi connectivity index (χ0v) is 13.7. The van der Waals surface area contributed by atoms with Gasteiger partial charge in [0.2, 0.25) is 0 Å². The van der Waals surface area contributed by atoms with E-state index in [1.807, 2.05) is 26.0 Å². The molecule has 0 spiro atoms. The minimum atomic E-state index is -4.52. The molecule has 8 heteroatoms. The van der Waals surface area contributed by atoms with Gasteiger partial charge in [0.1, 0.15) is 11.4 Å². The second-order valence-electron chi connectivity index (χ2n) is 6.47. The molecule has 25 heavy (non-hydrogen) atoms. The van der Waals surface area contributed by atoms with E-state index < -0.39 is 24.2 Å². The van der Waals surface area contributed by atoms with Crippen molar-refractivity contribution in [3.8, 4) is 0 Å². The van der Waals surface area contributed by atoms with Crippen LogP contribution in [0.1, 0.15) is 59.8 Å². The van der Waals surface area contributed by atoms with Crippen LogP contribution in [-0.2, 0) is 0 Å². The smallest absolute Gasteiger partial charge is 0.410 e. The molecule has 5 nitrogen and oxygen atoms in total. The molecule has 2 N–H and O–H groups in total. The summed E-state index contributed by atoms with van der Waals surface area (Å²) in [6.07, 6.45) is -3.82. The third-order valence-corrected chi connectivity index (χ3v) is 4.47. The lowest BCUT2D eigenvalue weighted by molar-refractivity contribution is -0.173. The van der Waals surface area contributed by atoms with Crippen LogP contribution in [0.2, 0.25) is 0 Å².